The summed E-state index contributed by atoms with van der Waals surface area (Å²) in [4.78, 5) is 28.5. The highest BCUT2D eigenvalue weighted by Crippen LogP contribution is 2.46. The first kappa shape index (κ1) is 28.2. The molecule has 2 saturated heterocycles. The number of hydrogen-bond acceptors (Lipinski definition) is 10. The number of fused-ring (bicyclic) bond motifs is 1. The maximum atomic E-state index is 12.0. The Bertz CT molecular complexity index is 1410. The average molecular weight is 588 g/mol. The van der Waals surface area contributed by atoms with Crippen molar-refractivity contribution in [2.45, 2.75) is 24.5 Å². The highest BCUT2D eigenvalue weighted by molar-refractivity contribution is 6.41. The van der Waals surface area contributed by atoms with E-state index in [-0.39, 0.29) is 24.0 Å². The molecule has 0 saturated carbocycles. The van der Waals surface area contributed by atoms with E-state index < -0.39 is 0 Å². The molecule has 3 aromatic rings. The molecule has 0 radical (unpaired) electrons. The second kappa shape index (κ2) is 12.0. The normalized spacial score (nSPS) is 19.5. The summed E-state index contributed by atoms with van der Waals surface area (Å²) in [6.45, 7) is 6.22. The molecule has 1 aromatic carbocycles. The molecule has 2 atom stereocenters. The number of hydrogen-bond donors (Lipinski definition) is 3. The molecule has 5 rings (SSSR count). The van der Waals surface area contributed by atoms with Gasteiger partial charge in [-0.1, -0.05) is 29.8 Å². The van der Waals surface area contributed by atoms with Crippen molar-refractivity contribution in [3.05, 3.63) is 41.0 Å². The van der Waals surface area contributed by atoms with E-state index >= 15 is 0 Å². The number of likely N-dealkylation sites (N-methyl/N-ethyl adjacent to an activating group) is 1. The molecule has 0 aliphatic carbocycles. The molecule has 2 aromatic heterocycles. The first-order chi connectivity index (χ1) is 19.3. The molecule has 4 heterocycles. The summed E-state index contributed by atoms with van der Waals surface area (Å²) >= 11 is 13.4. The predicted molar refractivity (Wildman–Crippen MR) is 156 cm³/mol. The van der Waals surface area contributed by atoms with E-state index in [1.165, 1.54) is 20.3 Å². The minimum Gasteiger partial charge on any atom is -0.495 e. The first-order valence-corrected chi connectivity index (χ1v) is 13.6. The second-order valence-electron chi connectivity index (χ2n) is 9.77. The van der Waals surface area contributed by atoms with Crippen LogP contribution < -0.4 is 25.4 Å². The van der Waals surface area contributed by atoms with Crippen LogP contribution in [0, 0.1) is 0 Å². The number of nitrogens with one attached hydrogen (secondary N) is 3. The minimum absolute atomic E-state index is 0.158. The van der Waals surface area contributed by atoms with E-state index in [4.69, 9.17) is 47.4 Å². The van der Waals surface area contributed by atoms with E-state index in [0.29, 0.717) is 69.7 Å². The van der Waals surface area contributed by atoms with Crippen molar-refractivity contribution in [2.75, 3.05) is 58.2 Å². The molecule has 13 heteroatoms. The summed E-state index contributed by atoms with van der Waals surface area (Å²) in [5, 5.41) is 11.2. The first-order valence-electron chi connectivity index (χ1n) is 12.8. The highest BCUT2D eigenvalue weighted by atomic mass is 35.5. The van der Waals surface area contributed by atoms with Gasteiger partial charge in [-0.05, 0) is 25.6 Å². The van der Waals surface area contributed by atoms with Crippen molar-refractivity contribution in [3.8, 4) is 22.8 Å². The molecule has 1 amide bonds. The molecule has 0 spiro atoms. The van der Waals surface area contributed by atoms with Crippen molar-refractivity contribution in [3.63, 3.8) is 0 Å². The van der Waals surface area contributed by atoms with Gasteiger partial charge in [0.15, 0.2) is 5.82 Å². The van der Waals surface area contributed by atoms with Crippen LogP contribution in [0.25, 0.3) is 22.2 Å². The van der Waals surface area contributed by atoms with Crippen LogP contribution in [-0.2, 0) is 9.53 Å². The van der Waals surface area contributed by atoms with E-state index in [1.54, 1.807) is 12.3 Å². The Morgan fingerprint density at radius 3 is 2.50 bits per heavy atom. The largest absolute Gasteiger partial charge is 0.495 e. The topological polar surface area (TPSA) is 123 Å². The Balaban J connectivity index is 1.55. The predicted octanol–water partition coefficient (Wildman–Crippen LogP) is 3.61. The summed E-state index contributed by atoms with van der Waals surface area (Å²) < 4.78 is 16.6. The number of halogens is 2. The molecule has 0 unspecified atom stereocenters. The third-order valence-corrected chi connectivity index (χ3v) is 7.73. The summed E-state index contributed by atoms with van der Waals surface area (Å²) in [6.07, 6.45) is 3.63. The summed E-state index contributed by atoms with van der Waals surface area (Å²) in [6, 6.07) is 3.29. The lowest BCUT2D eigenvalue weighted by Gasteiger charge is -2.37. The number of likely N-dealkylation sites (tertiary alicyclic amines) is 1. The van der Waals surface area contributed by atoms with Gasteiger partial charge >= 0.3 is 0 Å². The Hall–Kier alpha value is -3.38. The summed E-state index contributed by atoms with van der Waals surface area (Å²) in [5.41, 5.74) is 1.63. The van der Waals surface area contributed by atoms with Crippen LogP contribution in [0.2, 0.25) is 10.0 Å². The molecular weight excluding hydrogens is 557 g/mol. The van der Waals surface area contributed by atoms with E-state index in [2.05, 4.69) is 39.5 Å². The van der Waals surface area contributed by atoms with Gasteiger partial charge in [-0.25, -0.2) is 15.0 Å². The van der Waals surface area contributed by atoms with E-state index in [1.807, 2.05) is 6.07 Å². The molecule has 2 aliphatic heterocycles. The van der Waals surface area contributed by atoms with Gasteiger partial charge in [0.1, 0.15) is 17.0 Å². The van der Waals surface area contributed by atoms with Gasteiger partial charge in [-0.15, -0.1) is 0 Å². The fourth-order valence-electron chi connectivity index (χ4n) is 4.89. The van der Waals surface area contributed by atoms with Crippen LogP contribution in [0.15, 0.2) is 31.0 Å². The third kappa shape index (κ3) is 5.73. The van der Waals surface area contributed by atoms with Gasteiger partial charge in [0.2, 0.25) is 11.9 Å². The number of pyridine rings is 1. The van der Waals surface area contributed by atoms with Crippen molar-refractivity contribution >= 4 is 51.8 Å². The molecule has 3 N–H and O–H groups in total. The van der Waals surface area contributed by atoms with Crippen LogP contribution in [0.1, 0.15) is 6.42 Å². The fraction of sp³-hybridized carbons (Fsp3) is 0.407. The molecule has 40 heavy (non-hydrogen) atoms. The molecule has 2 fully saturated rings. The smallest absolute Gasteiger partial charge is 0.243 e. The van der Waals surface area contributed by atoms with Crippen molar-refractivity contribution < 1.29 is 19.0 Å². The number of aromatic nitrogens is 3. The Morgan fingerprint density at radius 1 is 1.12 bits per heavy atom. The Morgan fingerprint density at radius 2 is 1.85 bits per heavy atom. The van der Waals surface area contributed by atoms with Crippen molar-refractivity contribution in [1.29, 1.82) is 0 Å². The van der Waals surface area contributed by atoms with Crippen LogP contribution in [-0.4, -0.2) is 91.5 Å². The van der Waals surface area contributed by atoms with Gasteiger partial charge in [0.25, 0.3) is 0 Å². The Kier molecular flexibility index (Phi) is 8.46. The zero-order valence-corrected chi connectivity index (χ0v) is 24.0. The minimum atomic E-state index is -0.238. The van der Waals surface area contributed by atoms with Crippen molar-refractivity contribution in [1.82, 2.24) is 25.2 Å². The number of carbonyl (C=O) groups is 1. The quantitative estimate of drug-likeness (QED) is 0.320. The number of benzene rings is 1. The van der Waals surface area contributed by atoms with Crippen LogP contribution in [0.4, 0.5) is 11.8 Å². The third-order valence-electron chi connectivity index (χ3n) is 6.98. The van der Waals surface area contributed by atoms with Gasteiger partial charge in [-0.3, -0.25) is 4.79 Å². The fourth-order valence-corrected chi connectivity index (χ4v) is 5.59. The van der Waals surface area contributed by atoms with Crippen LogP contribution in [0.5, 0.6) is 11.5 Å². The lowest BCUT2D eigenvalue weighted by atomic mass is 10.0. The average Bonchev–Trinajstić information content (AvgIpc) is 2.93. The van der Waals surface area contributed by atoms with Crippen molar-refractivity contribution in [2.24, 2.45) is 0 Å². The summed E-state index contributed by atoms with van der Waals surface area (Å²) in [5.74, 6) is 1.56. The highest BCUT2D eigenvalue weighted by Gasteiger charge is 2.29. The van der Waals surface area contributed by atoms with Crippen LogP contribution in [0.3, 0.4) is 0 Å². The number of ether oxygens (including phenoxy) is 3. The SMILES string of the molecule is C=CC(=O)N[C@H]1CCOC[C@H]1Nc1ncc2cc(-c3c(Cl)c(OC)cc(OC)c3Cl)nc(NC3CN(C)C3)c2n1. The molecule has 212 valence electrons. The number of nitrogens with zero attached hydrogens (tertiary/aromatic N) is 4. The number of amides is 1. The maximum Gasteiger partial charge on any atom is 0.243 e. The molecule has 11 nitrogen and oxygen atoms in total. The number of anilines is 2. The van der Waals surface area contributed by atoms with E-state index in [0.717, 1.165) is 18.5 Å². The number of methoxy groups -OCH3 is 2. The van der Waals surface area contributed by atoms with E-state index in [9.17, 15) is 4.79 Å². The number of carbonyl (C=O) groups excluding carboxylic acids is 1. The monoisotopic (exact) mass is 587 g/mol. The Labute approximate surface area is 242 Å². The zero-order valence-electron chi connectivity index (χ0n) is 22.5. The standard InChI is InChI=1S/C27H31Cl2N7O4/c1-5-21(37)32-16-6-7-40-13-18(16)34-27-30-10-14-8-17(22-23(28)19(38-3)9-20(39-4)24(22)29)33-26(25(14)35-27)31-15-11-36(2)12-15/h5,8-10,15-16,18H,1,6-7,11-13H2,2-4H3,(H,31,33)(H,32,37)(H,30,34,35)/t16-,18+/m0/s1. The maximum absolute atomic E-state index is 12.0. The van der Waals surface area contributed by atoms with Gasteiger partial charge in [0.05, 0.1) is 54.7 Å². The number of rotatable bonds is 9. The molecular formula is C27H31Cl2N7O4. The lowest BCUT2D eigenvalue weighted by Crippen LogP contribution is -2.52. The molecule has 0 bridgehead atoms. The van der Waals surface area contributed by atoms with Gasteiger partial charge in [-0.2, -0.15) is 0 Å². The zero-order chi connectivity index (χ0) is 28.4. The van der Waals surface area contributed by atoms with Crippen LogP contribution >= 0.6 is 23.2 Å². The molecule has 2 aliphatic rings. The second-order valence-corrected chi connectivity index (χ2v) is 10.5. The summed E-state index contributed by atoms with van der Waals surface area (Å²) in [7, 11) is 5.11. The van der Waals surface area contributed by atoms with Gasteiger partial charge in [0, 0.05) is 42.9 Å². The van der Waals surface area contributed by atoms with Gasteiger partial charge < -0.3 is 35.1 Å². The lowest BCUT2D eigenvalue weighted by molar-refractivity contribution is -0.117.